The molecular weight excluding hydrogens is 417 g/mol. The molecule has 2 heterocycles. The number of carbonyl (C=O) groups excluding carboxylic acids is 1. The Morgan fingerprint density at radius 2 is 1.76 bits per heavy atom. The first kappa shape index (κ1) is 20.6. The second-order valence-electron chi connectivity index (χ2n) is 8.01. The topological polar surface area (TPSA) is 71.8 Å². The van der Waals surface area contributed by atoms with Crippen molar-refractivity contribution in [2.45, 2.75) is 19.9 Å². The second kappa shape index (κ2) is 8.35. The molecule has 1 aliphatic rings. The van der Waals surface area contributed by atoms with E-state index < -0.39 is 6.04 Å². The highest BCUT2D eigenvalue weighted by Gasteiger charge is 2.34. The minimum absolute atomic E-state index is 0.220. The van der Waals surface area contributed by atoms with Crippen LogP contribution in [0.5, 0.6) is 0 Å². The summed E-state index contributed by atoms with van der Waals surface area (Å²) in [5, 5.41) is 10.9. The Kier molecular flexibility index (Phi) is 5.22. The minimum Gasteiger partial charge on any atom is -0.328 e. The highest BCUT2D eigenvalue weighted by atomic mass is 19.1. The first-order chi connectivity index (χ1) is 16.0. The molecule has 0 radical (unpaired) electrons. The predicted octanol–water partition coefficient (Wildman–Crippen LogP) is 5.32. The molecule has 1 aromatic heterocycles. The summed E-state index contributed by atoms with van der Waals surface area (Å²) in [7, 11) is 0. The lowest BCUT2D eigenvalue weighted by atomic mass is 9.94. The standard InChI is InChI=1S/C26H22FN5O/c1-16-7-6-8-19(15-16)23-22(25(33)29-21-9-4-3-5-10-21)17(2)28-26-30-24(31-32(23)26)18-11-13-20(27)14-12-18/h3-15,23H,1-2H3,(H,29,33)(H,28,30,31). The number of amides is 1. The Morgan fingerprint density at radius 1 is 1.00 bits per heavy atom. The normalized spacial score (nSPS) is 15.1. The summed E-state index contributed by atoms with van der Waals surface area (Å²) in [6.07, 6.45) is 0. The number of aryl methyl sites for hydroxylation is 1. The van der Waals surface area contributed by atoms with E-state index in [2.05, 4.69) is 15.6 Å². The van der Waals surface area contributed by atoms with Crippen molar-refractivity contribution < 1.29 is 9.18 Å². The number of benzene rings is 3. The van der Waals surface area contributed by atoms with E-state index in [1.807, 2.05) is 68.4 Å². The number of para-hydroxylation sites is 1. The van der Waals surface area contributed by atoms with E-state index in [1.165, 1.54) is 12.1 Å². The Labute approximate surface area is 190 Å². The fourth-order valence-corrected chi connectivity index (χ4v) is 4.03. The maximum Gasteiger partial charge on any atom is 0.255 e. The fourth-order valence-electron chi connectivity index (χ4n) is 4.03. The van der Waals surface area contributed by atoms with Crippen molar-refractivity contribution >= 4 is 17.5 Å². The lowest BCUT2D eigenvalue weighted by Gasteiger charge is -2.29. The van der Waals surface area contributed by atoms with Crippen LogP contribution in [0.25, 0.3) is 11.4 Å². The van der Waals surface area contributed by atoms with Crippen molar-refractivity contribution in [1.29, 1.82) is 0 Å². The molecule has 0 saturated heterocycles. The SMILES string of the molecule is CC1=C(C(=O)Nc2ccccc2)C(c2cccc(C)c2)n2nc(-c3ccc(F)cc3)nc2N1. The van der Waals surface area contributed by atoms with Crippen molar-refractivity contribution in [1.82, 2.24) is 14.8 Å². The molecule has 0 fully saturated rings. The van der Waals surface area contributed by atoms with Gasteiger partial charge in [0.05, 0.1) is 5.57 Å². The van der Waals surface area contributed by atoms with E-state index in [4.69, 9.17) is 5.10 Å². The zero-order valence-corrected chi connectivity index (χ0v) is 18.2. The van der Waals surface area contributed by atoms with Crippen molar-refractivity contribution in [3.05, 3.63) is 107 Å². The van der Waals surface area contributed by atoms with Crippen molar-refractivity contribution in [3.8, 4) is 11.4 Å². The average Bonchev–Trinajstić information content (AvgIpc) is 3.22. The van der Waals surface area contributed by atoms with Crippen LogP contribution >= 0.6 is 0 Å². The maximum atomic E-state index is 13.5. The summed E-state index contributed by atoms with van der Waals surface area (Å²) >= 11 is 0. The number of anilines is 2. The van der Waals surface area contributed by atoms with Gasteiger partial charge in [-0.15, -0.1) is 5.10 Å². The second-order valence-corrected chi connectivity index (χ2v) is 8.01. The monoisotopic (exact) mass is 439 g/mol. The largest absolute Gasteiger partial charge is 0.328 e. The van der Waals surface area contributed by atoms with E-state index in [0.29, 0.717) is 34.3 Å². The highest BCUT2D eigenvalue weighted by molar-refractivity contribution is 6.06. The fraction of sp³-hybridized carbons (Fsp3) is 0.115. The van der Waals surface area contributed by atoms with Gasteiger partial charge in [-0.25, -0.2) is 9.07 Å². The maximum absolute atomic E-state index is 13.5. The van der Waals surface area contributed by atoms with Gasteiger partial charge in [-0.3, -0.25) is 4.79 Å². The van der Waals surface area contributed by atoms with E-state index in [0.717, 1.165) is 11.1 Å². The molecule has 7 heteroatoms. The van der Waals surface area contributed by atoms with Gasteiger partial charge in [0.15, 0.2) is 5.82 Å². The highest BCUT2D eigenvalue weighted by Crippen LogP contribution is 2.37. The third-order valence-corrected chi connectivity index (χ3v) is 5.59. The van der Waals surface area contributed by atoms with Crippen LogP contribution in [0.15, 0.2) is 90.1 Å². The molecule has 6 nitrogen and oxygen atoms in total. The Balaban J connectivity index is 1.61. The Morgan fingerprint density at radius 3 is 2.48 bits per heavy atom. The van der Waals surface area contributed by atoms with Crippen LogP contribution in [0.3, 0.4) is 0 Å². The van der Waals surface area contributed by atoms with Crippen LogP contribution < -0.4 is 10.6 Å². The van der Waals surface area contributed by atoms with Gasteiger partial charge in [-0.05, 0) is 55.8 Å². The summed E-state index contributed by atoms with van der Waals surface area (Å²) in [6.45, 7) is 3.87. The smallest absolute Gasteiger partial charge is 0.255 e. The van der Waals surface area contributed by atoms with Gasteiger partial charge in [0.25, 0.3) is 5.91 Å². The third-order valence-electron chi connectivity index (χ3n) is 5.59. The average molecular weight is 439 g/mol. The molecule has 1 amide bonds. The molecule has 0 spiro atoms. The number of rotatable bonds is 4. The van der Waals surface area contributed by atoms with Gasteiger partial charge < -0.3 is 10.6 Å². The minimum atomic E-state index is -0.480. The summed E-state index contributed by atoms with van der Waals surface area (Å²) in [5.41, 5.74) is 4.64. The van der Waals surface area contributed by atoms with Gasteiger partial charge in [0.2, 0.25) is 5.95 Å². The number of allylic oxidation sites excluding steroid dienone is 1. The molecule has 3 aromatic carbocycles. The molecule has 33 heavy (non-hydrogen) atoms. The predicted molar refractivity (Wildman–Crippen MR) is 126 cm³/mol. The number of carbonyl (C=O) groups is 1. The Bertz CT molecular complexity index is 1360. The number of hydrogen-bond acceptors (Lipinski definition) is 4. The molecule has 2 N–H and O–H groups in total. The first-order valence-electron chi connectivity index (χ1n) is 10.6. The van der Waals surface area contributed by atoms with Crippen LogP contribution in [0.4, 0.5) is 16.0 Å². The molecule has 1 aliphatic heterocycles. The summed E-state index contributed by atoms with van der Waals surface area (Å²) in [6, 6.07) is 22.9. The number of halogens is 1. The van der Waals surface area contributed by atoms with Crippen LogP contribution in [0.1, 0.15) is 24.1 Å². The van der Waals surface area contributed by atoms with Crippen molar-refractivity contribution in [3.63, 3.8) is 0 Å². The quantitative estimate of drug-likeness (QED) is 0.451. The molecule has 0 aliphatic carbocycles. The molecule has 4 aromatic rings. The molecule has 0 bridgehead atoms. The van der Waals surface area contributed by atoms with E-state index in [-0.39, 0.29) is 11.7 Å². The molecule has 0 saturated carbocycles. The molecule has 1 atom stereocenters. The zero-order chi connectivity index (χ0) is 22.9. The summed E-state index contributed by atoms with van der Waals surface area (Å²) in [5.74, 6) is 0.431. The van der Waals surface area contributed by atoms with Gasteiger partial charge in [0, 0.05) is 16.9 Å². The van der Waals surface area contributed by atoms with Gasteiger partial charge in [-0.1, -0.05) is 48.0 Å². The number of hydrogen-bond donors (Lipinski definition) is 2. The van der Waals surface area contributed by atoms with Crippen molar-refractivity contribution in [2.24, 2.45) is 0 Å². The van der Waals surface area contributed by atoms with Gasteiger partial charge in [0.1, 0.15) is 11.9 Å². The third kappa shape index (κ3) is 4.01. The van der Waals surface area contributed by atoms with E-state index >= 15 is 0 Å². The molecule has 1 unspecified atom stereocenters. The number of nitrogens with zero attached hydrogens (tertiary/aromatic N) is 3. The lowest BCUT2D eigenvalue weighted by Crippen LogP contribution is -2.31. The van der Waals surface area contributed by atoms with Crippen LogP contribution in [-0.4, -0.2) is 20.7 Å². The summed E-state index contributed by atoms with van der Waals surface area (Å²) in [4.78, 5) is 18.1. The lowest BCUT2D eigenvalue weighted by molar-refractivity contribution is -0.113. The molecule has 5 rings (SSSR count). The van der Waals surface area contributed by atoms with Gasteiger partial charge >= 0.3 is 0 Å². The van der Waals surface area contributed by atoms with Crippen LogP contribution in [0.2, 0.25) is 0 Å². The number of fused-ring (bicyclic) bond motifs is 1. The summed E-state index contributed by atoms with van der Waals surface area (Å²) < 4.78 is 15.1. The molecular formula is C26H22FN5O. The first-order valence-corrected chi connectivity index (χ1v) is 10.6. The van der Waals surface area contributed by atoms with E-state index in [9.17, 15) is 9.18 Å². The van der Waals surface area contributed by atoms with Crippen LogP contribution in [-0.2, 0) is 4.79 Å². The number of aromatic nitrogens is 3. The molecule has 164 valence electrons. The van der Waals surface area contributed by atoms with Gasteiger partial charge in [-0.2, -0.15) is 4.98 Å². The zero-order valence-electron chi connectivity index (χ0n) is 18.2. The van der Waals surface area contributed by atoms with Crippen molar-refractivity contribution in [2.75, 3.05) is 10.6 Å². The Hall–Kier alpha value is -4.26. The van der Waals surface area contributed by atoms with E-state index in [1.54, 1.807) is 16.8 Å². The number of nitrogens with one attached hydrogen (secondary N) is 2. The van der Waals surface area contributed by atoms with Crippen LogP contribution in [0, 0.1) is 12.7 Å².